The van der Waals surface area contributed by atoms with E-state index >= 15 is 0 Å². The van der Waals surface area contributed by atoms with E-state index < -0.39 is 0 Å². The van der Waals surface area contributed by atoms with Crippen molar-refractivity contribution < 1.29 is 9.15 Å². The van der Waals surface area contributed by atoms with Crippen molar-refractivity contribution in [2.45, 2.75) is 5.92 Å². The average molecular weight is 449 g/mol. The lowest BCUT2D eigenvalue weighted by atomic mass is 9.78. The lowest BCUT2D eigenvalue weighted by Crippen LogP contribution is -2.13. The van der Waals surface area contributed by atoms with Gasteiger partial charge in [0.1, 0.15) is 22.7 Å². The zero-order valence-electron chi connectivity index (χ0n) is 18.9. The van der Waals surface area contributed by atoms with Gasteiger partial charge in [0.05, 0.1) is 0 Å². The maximum absolute atomic E-state index is 6.56. The first-order valence-electron chi connectivity index (χ1n) is 12.0. The van der Waals surface area contributed by atoms with Gasteiger partial charge in [0, 0.05) is 27.8 Å². The van der Waals surface area contributed by atoms with Crippen LogP contribution < -0.4 is 4.74 Å². The molecular weight excluding hydrogens is 428 g/mol. The zero-order chi connectivity index (χ0) is 22.9. The van der Waals surface area contributed by atoms with E-state index in [9.17, 15) is 0 Å². The van der Waals surface area contributed by atoms with Crippen molar-refractivity contribution in [1.29, 1.82) is 0 Å². The van der Waals surface area contributed by atoms with E-state index in [2.05, 4.69) is 103 Å². The van der Waals surface area contributed by atoms with Gasteiger partial charge < -0.3 is 9.15 Å². The zero-order valence-corrected chi connectivity index (χ0v) is 18.9. The van der Waals surface area contributed by atoms with Crippen molar-refractivity contribution >= 4 is 43.5 Å². The Morgan fingerprint density at radius 3 is 1.71 bits per heavy atom. The minimum Gasteiger partial charge on any atom is -0.457 e. The third kappa shape index (κ3) is 2.65. The van der Waals surface area contributed by atoms with Gasteiger partial charge >= 0.3 is 0 Å². The molecule has 8 rings (SSSR count). The van der Waals surface area contributed by atoms with Crippen LogP contribution in [0.25, 0.3) is 43.5 Å². The fourth-order valence-electron chi connectivity index (χ4n) is 5.84. The monoisotopic (exact) mass is 448 g/mol. The van der Waals surface area contributed by atoms with Gasteiger partial charge in [0.15, 0.2) is 0 Å². The second kappa shape index (κ2) is 6.97. The smallest absolute Gasteiger partial charge is 0.135 e. The van der Waals surface area contributed by atoms with Crippen LogP contribution in [0.3, 0.4) is 0 Å². The minimum absolute atomic E-state index is 0.0172. The third-order valence-corrected chi connectivity index (χ3v) is 7.39. The fourth-order valence-corrected chi connectivity index (χ4v) is 5.84. The van der Waals surface area contributed by atoms with Crippen LogP contribution in [0.5, 0.6) is 11.5 Å². The van der Waals surface area contributed by atoms with Crippen molar-refractivity contribution in [1.82, 2.24) is 0 Å². The first-order chi connectivity index (χ1) is 17.3. The summed E-state index contributed by atoms with van der Waals surface area (Å²) in [4.78, 5) is 0. The number of ether oxygens (including phenoxy) is 1. The standard InChI is InChI=1S/C33H20O2/c1-3-9-23-20(7-1)14-17-28-32(23)31(33-24-10-4-2-8-21(24)15-18-29(33)35-28)22-13-16-26-25-11-5-6-12-27(25)34-30(26)19-22/h1-19,31H. The fraction of sp³-hybridized carbons (Fsp3) is 0.0303. The Bertz CT molecular complexity index is 1860. The summed E-state index contributed by atoms with van der Waals surface area (Å²) in [6.07, 6.45) is 0. The molecule has 1 aliphatic heterocycles. The van der Waals surface area contributed by atoms with Crippen LogP contribution in [0.2, 0.25) is 0 Å². The van der Waals surface area contributed by atoms with Gasteiger partial charge in [0.25, 0.3) is 0 Å². The van der Waals surface area contributed by atoms with Crippen molar-refractivity contribution in [2.24, 2.45) is 0 Å². The number of hydrogen-bond donors (Lipinski definition) is 0. The third-order valence-electron chi connectivity index (χ3n) is 7.39. The molecule has 0 N–H and O–H groups in total. The van der Waals surface area contributed by atoms with Gasteiger partial charge in [-0.05, 0) is 51.4 Å². The largest absolute Gasteiger partial charge is 0.457 e. The highest BCUT2D eigenvalue weighted by Gasteiger charge is 2.32. The summed E-state index contributed by atoms with van der Waals surface area (Å²) in [5, 5.41) is 7.17. The molecular formula is C33H20O2. The van der Waals surface area contributed by atoms with Crippen molar-refractivity contribution in [3.8, 4) is 11.5 Å². The first-order valence-corrected chi connectivity index (χ1v) is 12.0. The molecule has 2 heteroatoms. The highest BCUT2D eigenvalue weighted by atomic mass is 16.5. The van der Waals surface area contributed by atoms with E-state index in [0.29, 0.717) is 0 Å². The summed E-state index contributed by atoms with van der Waals surface area (Å²) >= 11 is 0. The molecule has 164 valence electrons. The summed E-state index contributed by atoms with van der Waals surface area (Å²) in [5.41, 5.74) is 5.46. The summed E-state index contributed by atoms with van der Waals surface area (Å²) in [5.74, 6) is 1.85. The van der Waals surface area contributed by atoms with Gasteiger partial charge in [-0.2, -0.15) is 0 Å². The van der Waals surface area contributed by atoms with Gasteiger partial charge in [-0.3, -0.25) is 0 Å². The lowest BCUT2D eigenvalue weighted by molar-refractivity contribution is 0.456. The molecule has 0 amide bonds. The Morgan fingerprint density at radius 2 is 1.03 bits per heavy atom. The molecule has 1 aliphatic rings. The van der Waals surface area contributed by atoms with Crippen LogP contribution in [0.1, 0.15) is 22.6 Å². The second-order valence-corrected chi connectivity index (χ2v) is 9.29. The van der Waals surface area contributed by atoms with E-state index in [-0.39, 0.29) is 5.92 Å². The summed E-state index contributed by atoms with van der Waals surface area (Å²) in [6, 6.07) is 40.7. The molecule has 6 aromatic carbocycles. The van der Waals surface area contributed by atoms with Gasteiger partial charge in [-0.25, -0.2) is 0 Å². The van der Waals surface area contributed by atoms with E-state index in [1.807, 2.05) is 12.1 Å². The van der Waals surface area contributed by atoms with Crippen LogP contribution in [0.4, 0.5) is 0 Å². The molecule has 0 fully saturated rings. The molecule has 0 radical (unpaired) electrons. The average Bonchev–Trinajstić information content (AvgIpc) is 3.29. The molecule has 0 spiro atoms. The van der Waals surface area contributed by atoms with E-state index in [1.165, 1.54) is 38.2 Å². The normalized spacial score (nSPS) is 13.3. The Labute approximate surface area is 202 Å². The van der Waals surface area contributed by atoms with E-state index in [0.717, 1.165) is 33.4 Å². The molecule has 0 saturated carbocycles. The highest BCUT2D eigenvalue weighted by Crippen LogP contribution is 2.52. The van der Waals surface area contributed by atoms with Crippen LogP contribution >= 0.6 is 0 Å². The van der Waals surface area contributed by atoms with Crippen molar-refractivity contribution in [3.05, 3.63) is 132 Å². The molecule has 2 heterocycles. The van der Waals surface area contributed by atoms with Gasteiger partial charge in [-0.15, -0.1) is 0 Å². The number of fused-ring (bicyclic) bond motifs is 9. The number of benzene rings is 6. The first kappa shape index (κ1) is 18.8. The highest BCUT2D eigenvalue weighted by molar-refractivity contribution is 6.05. The number of para-hydroxylation sites is 1. The SMILES string of the molecule is c1ccc2c3c(ccc2c1)Oc1ccc2ccccc2c1C3c1ccc2c(c1)oc1ccccc12. The molecule has 1 aromatic heterocycles. The minimum atomic E-state index is 0.0172. The van der Waals surface area contributed by atoms with E-state index in [1.54, 1.807) is 0 Å². The summed E-state index contributed by atoms with van der Waals surface area (Å²) < 4.78 is 12.9. The molecule has 0 bridgehead atoms. The number of furan rings is 1. The molecule has 0 unspecified atom stereocenters. The second-order valence-electron chi connectivity index (χ2n) is 9.29. The lowest BCUT2D eigenvalue weighted by Gasteiger charge is -2.31. The van der Waals surface area contributed by atoms with Crippen LogP contribution in [-0.2, 0) is 0 Å². The number of hydrogen-bond acceptors (Lipinski definition) is 2. The maximum atomic E-state index is 6.56. The van der Waals surface area contributed by atoms with Crippen LogP contribution in [0.15, 0.2) is 120 Å². The molecule has 35 heavy (non-hydrogen) atoms. The van der Waals surface area contributed by atoms with Gasteiger partial charge in [0.2, 0.25) is 0 Å². The van der Waals surface area contributed by atoms with E-state index in [4.69, 9.17) is 9.15 Å². The molecule has 0 aliphatic carbocycles. The number of rotatable bonds is 1. The predicted molar refractivity (Wildman–Crippen MR) is 143 cm³/mol. The molecule has 7 aromatic rings. The van der Waals surface area contributed by atoms with Crippen molar-refractivity contribution in [3.63, 3.8) is 0 Å². The van der Waals surface area contributed by atoms with Crippen molar-refractivity contribution in [2.75, 3.05) is 0 Å². The van der Waals surface area contributed by atoms with Crippen LogP contribution in [-0.4, -0.2) is 0 Å². The Morgan fingerprint density at radius 1 is 0.457 bits per heavy atom. The Kier molecular flexibility index (Phi) is 3.75. The summed E-state index contributed by atoms with van der Waals surface area (Å²) in [7, 11) is 0. The molecule has 0 atom stereocenters. The molecule has 0 saturated heterocycles. The molecule has 2 nitrogen and oxygen atoms in total. The Hall–Kier alpha value is -4.56. The quantitative estimate of drug-likeness (QED) is 0.250. The predicted octanol–water partition coefficient (Wildman–Crippen LogP) is 9.18. The summed E-state index contributed by atoms with van der Waals surface area (Å²) in [6.45, 7) is 0. The Balaban J connectivity index is 1.49. The maximum Gasteiger partial charge on any atom is 0.135 e. The van der Waals surface area contributed by atoms with Crippen LogP contribution in [0, 0.1) is 0 Å². The topological polar surface area (TPSA) is 22.4 Å². The van der Waals surface area contributed by atoms with Gasteiger partial charge in [-0.1, -0.05) is 91.0 Å².